The fourth-order valence-corrected chi connectivity index (χ4v) is 3.03. The maximum atomic E-state index is 11.4. The second-order valence-electron chi connectivity index (χ2n) is 4.46. The molecule has 2 rings (SSSR count). The highest BCUT2D eigenvalue weighted by Crippen LogP contribution is 2.22. The first-order valence-corrected chi connectivity index (χ1v) is 8.11. The molecule has 0 unspecified atom stereocenters. The number of carboxylic acids is 1. The third-order valence-corrected chi connectivity index (χ3v) is 4.59. The van der Waals surface area contributed by atoms with Crippen molar-refractivity contribution < 1.29 is 18.3 Å². The van der Waals surface area contributed by atoms with Crippen molar-refractivity contribution in [1.29, 1.82) is 0 Å². The third kappa shape index (κ3) is 3.20. The highest BCUT2D eigenvalue weighted by molar-refractivity contribution is 7.88. The van der Waals surface area contributed by atoms with Crippen molar-refractivity contribution >= 4 is 33.4 Å². The average molecular weight is 320 g/mol. The van der Waals surface area contributed by atoms with Crippen molar-refractivity contribution in [2.45, 2.75) is 0 Å². The Hall–Kier alpha value is -1.38. The molecule has 2 heterocycles. The summed E-state index contributed by atoms with van der Waals surface area (Å²) in [6.07, 6.45) is 1.16. The van der Waals surface area contributed by atoms with Crippen molar-refractivity contribution in [3.63, 3.8) is 0 Å². The van der Waals surface area contributed by atoms with Gasteiger partial charge in [-0.15, -0.1) is 0 Å². The number of carbonyl (C=O) groups is 1. The van der Waals surface area contributed by atoms with E-state index in [0.717, 1.165) is 6.26 Å². The summed E-state index contributed by atoms with van der Waals surface area (Å²) in [5.41, 5.74) is 0.0576. The summed E-state index contributed by atoms with van der Waals surface area (Å²) in [7, 11) is -3.22. The molecule has 7 nitrogen and oxygen atoms in total. The van der Waals surface area contributed by atoms with Gasteiger partial charge < -0.3 is 10.0 Å². The van der Waals surface area contributed by atoms with Crippen LogP contribution >= 0.6 is 11.6 Å². The molecule has 1 aliphatic rings. The highest BCUT2D eigenvalue weighted by atomic mass is 35.5. The minimum atomic E-state index is -3.22. The van der Waals surface area contributed by atoms with Gasteiger partial charge in [0.1, 0.15) is 16.5 Å². The molecule has 0 atom stereocenters. The Morgan fingerprint density at radius 3 is 2.40 bits per heavy atom. The van der Waals surface area contributed by atoms with E-state index in [0.29, 0.717) is 26.2 Å². The molecular weight excluding hydrogens is 306 g/mol. The number of hydrogen-bond acceptors (Lipinski definition) is 5. The second kappa shape index (κ2) is 5.55. The number of piperazine rings is 1. The van der Waals surface area contributed by atoms with Gasteiger partial charge in [-0.25, -0.2) is 18.2 Å². The van der Waals surface area contributed by atoms with E-state index in [4.69, 9.17) is 16.7 Å². The first kappa shape index (κ1) is 15.0. The van der Waals surface area contributed by atoms with Crippen molar-refractivity contribution in [2.75, 3.05) is 37.3 Å². The fourth-order valence-electron chi connectivity index (χ4n) is 2.06. The first-order valence-electron chi connectivity index (χ1n) is 5.89. The number of nitrogens with zero attached hydrogens (tertiary/aromatic N) is 3. The van der Waals surface area contributed by atoms with Gasteiger partial charge in [-0.2, -0.15) is 4.31 Å². The van der Waals surface area contributed by atoms with Crippen molar-refractivity contribution in [3.8, 4) is 0 Å². The van der Waals surface area contributed by atoms with Gasteiger partial charge in [-0.05, 0) is 12.1 Å². The summed E-state index contributed by atoms with van der Waals surface area (Å²) in [6.45, 7) is 1.35. The lowest BCUT2D eigenvalue weighted by molar-refractivity contribution is 0.0697. The predicted molar refractivity (Wildman–Crippen MR) is 74.8 cm³/mol. The fraction of sp³-hybridized carbons (Fsp3) is 0.455. The molecule has 1 fully saturated rings. The summed E-state index contributed by atoms with van der Waals surface area (Å²) in [5, 5.41) is 9.36. The lowest BCUT2D eigenvalue weighted by Gasteiger charge is -2.34. The minimum absolute atomic E-state index is 0.0576. The Morgan fingerprint density at radius 2 is 1.90 bits per heavy atom. The molecule has 0 saturated carbocycles. The Morgan fingerprint density at radius 1 is 1.30 bits per heavy atom. The van der Waals surface area contributed by atoms with Gasteiger partial charge in [0.25, 0.3) is 0 Å². The molecular formula is C11H14ClN3O4S. The van der Waals surface area contributed by atoms with Gasteiger partial charge in [0, 0.05) is 26.2 Å². The molecule has 1 aromatic heterocycles. The molecule has 0 aromatic carbocycles. The Balaban J connectivity index is 2.22. The molecule has 0 aliphatic carbocycles. The standard InChI is InChI=1S/C11H14ClN3O4S/c1-20(18,19)15-6-4-14(5-7-15)10-8(11(16)17)2-3-9(12)13-10/h2-3H,4-7H2,1H3,(H,16,17). The summed E-state index contributed by atoms with van der Waals surface area (Å²) in [4.78, 5) is 17.0. The molecule has 110 valence electrons. The van der Waals surface area contributed by atoms with Crippen LogP contribution < -0.4 is 4.90 Å². The number of aromatic nitrogens is 1. The monoisotopic (exact) mass is 319 g/mol. The van der Waals surface area contributed by atoms with Crippen LogP contribution in [0.25, 0.3) is 0 Å². The van der Waals surface area contributed by atoms with Crippen LogP contribution in [0.15, 0.2) is 12.1 Å². The van der Waals surface area contributed by atoms with Gasteiger partial charge in [0.05, 0.1) is 6.26 Å². The van der Waals surface area contributed by atoms with Crippen LogP contribution in [0, 0.1) is 0 Å². The van der Waals surface area contributed by atoms with Crippen LogP contribution in [0.1, 0.15) is 10.4 Å². The van der Waals surface area contributed by atoms with Crippen LogP contribution in [0.5, 0.6) is 0 Å². The molecule has 1 aromatic rings. The van der Waals surface area contributed by atoms with E-state index in [-0.39, 0.29) is 16.5 Å². The number of hydrogen-bond donors (Lipinski definition) is 1. The minimum Gasteiger partial charge on any atom is -0.478 e. The lowest BCUT2D eigenvalue weighted by atomic mass is 10.2. The molecule has 0 radical (unpaired) electrons. The van der Waals surface area contributed by atoms with Crippen LogP contribution in [0.2, 0.25) is 5.15 Å². The molecule has 0 bridgehead atoms. The number of halogens is 1. The van der Waals surface area contributed by atoms with Crippen LogP contribution in [-0.4, -0.2) is 61.2 Å². The maximum absolute atomic E-state index is 11.4. The number of sulfonamides is 1. The third-order valence-electron chi connectivity index (χ3n) is 3.08. The number of pyridine rings is 1. The predicted octanol–water partition coefficient (Wildman–Crippen LogP) is 0.515. The van der Waals surface area contributed by atoms with E-state index >= 15 is 0 Å². The molecule has 20 heavy (non-hydrogen) atoms. The van der Waals surface area contributed by atoms with Crippen LogP contribution in [-0.2, 0) is 10.0 Å². The maximum Gasteiger partial charge on any atom is 0.339 e. The zero-order chi connectivity index (χ0) is 14.9. The molecule has 1 N–H and O–H groups in total. The van der Waals surface area contributed by atoms with Gasteiger partial charge in [-0.3, -0.25) is 0 Å². The van der Waals surface area contributed by atoms with Crippen molar-refractivity contribution in [1.82, 2.24) is 9.29 Å². The summed E-state index contributed by atoms with van der Waals surface area (Å²) < 4.78 is 24.2. The Bertz CT molecular complexity index is 627. The summed E-state index contributed by atoms with van der Waals surface area (Å²) in [5.74, 6) is -0.812. The highest BCUT2D eigenvalue weighted by Gasteiger charge is 2.26. The smallest absolute Gasteiger partial charge is 0.339 e. The zero-order valence-electron chi connectivity index (χ0n) is 10.8. The molecule has 0 amide bonds. The zero-order valence-corrected chi connectivity index (χ0v) is 12.4. The number of aromatic carboxylic acids is 1. The first-order chi connectivity index (χ1) is 9.29. The van der Waals surface area contributed by atoms with Crippen molar-refractivity contribution in [2.24, 2.45) is 0 Å². The van der Waals surface area contributed by atoms with E-state index in [9.17, 15) is 13.2 Å². The van der Waals surface area contributed by atoms with Crippen molar-refractivity contribution in [3.05, 3.63) is 22.8 Å². The second-order valence-corrected chi connectivity index (χ2v) is 6.83. The van der Waals surface area contributed by atoms with E-state index in [1.165, 1.54) is 16.4 Å². The van der Waals surface area contributed by atoms with Gasteiger partial charge in [0.15, 0.2) is 0 Å². The summed E-state index contributed by atoms with van der Waals surface area (Å²) >= 11 is 5.80. The molecule has 9 heteroatoms. The van der Waals surface area contributed by atoms with Gasteiger partial charge in [0.2, 0.25) is 10.0 Å². The van der Waals surface area contributed by atoms with E-state index in [1.807, 2.05) is 0 Å². The Labute approximate surface area is 121 Å². The number of carboxylic acid groups (broad SMARTS) is 1. The SMILES string of the molecule is CS(=O)(=O)N1CCN(c2nc(Cl)ccc2C(=O)O)CC1. The molecule has 0 spiro atoms. The number of anilines is 1. The van der Waals surface area contributed by atoms with E-state index < -0.39 is 16.0 Å². The quantitative estimate of drug-likeness (QED) is 0.817. The molecule has 1 saturated heterocycles. The van der Waals surface area contributed by atoms with E-state index in [2.05, 4.69) is 4.98 Å². The van der Waals surface area contributed by atoms with Gasteiger partial charge >= 0.3 is 5.97 Å². The average Bonchev–Trinajstić information content (AvgIpc) is 2.37. The topological polar surface area (TPSA) is 90.8 Å². The molecule has 1 aliphatic heterocycles. The van der Waals surface area contributed by atoms with Crippen LogP contribution in [0.3, 0.4) is 0 Å². The van der Waals surface area contributed by atoms with Crippen LogP contribution in [0.4, 0.5) is 5.82 Å². The lowest BCUT2D eigenvalue weighted by Crippen LogP contribution is -2.49. The number of rotatable bonds is 3. The van der Waals surface area contributed by atoms with Gasteiger partial charge in [-0.1, -0.05) is 11.6 Å². The largest absolute Gasteiger partial charge is 0.478 e. The normalized spacial score (nSPS) is 17.2. The Kier molecular flexibility index (Phi) is 4.17. The van der Waals surface area contributed by atoms with E-state index in [1.54, 1.807) is 4.90 Å². The summed E-state index contributed by atoms with van der Waals surface area (Å²) in [6, 6.07) is 2.82.